The number of methoxy groups -OCH3 is 1. The molecule has 2 aliphatic rings. The van der Waals surface area contributed by atoms with Crippen molar-refractivity contribution in [3.05, 3.63) is 0 Å². The monoisotopic (exact) mass is 411 g/mol. The molecule has 124 valence electrons. The van der Waals surface area contributed by atoms with Crippen LogP contribution in [0.1, 0.15) is 39.5 Å². The van der Waals surface area contributed by atoms with Gasteiger partial charge >= 0.3 is 0 Å². The number of ether oxygens (including phenoxy) is 2. The van der Waals surface area contributed by atoms with Gasteiger partial charge < -0.3 is 20.1 Å². The van der Waals surface area contributed by atoms with Gasteiger partial charge in [0.25, 0.3) is 0 Å². The van der Waals surface area contributed by atoms with E-state index in [9.17, 15) is 0 Å². The molecule has 1 aliphatic heterocycles. The Balaban J connectivity index is 0.00000220. The number of nitrogens with two attached hydrogens (primary N) is 1. The van der Waals surface area contributed by atoms with Crippen molar-refractivity contribution in [1.82, 2.24) is 4.90 Å². The third kappa shape index (κ3) is 5.25. The van der Waals surface area contributed by atoms with E-state index in [2.05, 4.69) is 23.7 Å². The minimum atomic E-state index is -0.102. The summed E-state index contributed by atoms with van der Waals surface area (Å²) in [7, 11) is 1.80. The molecule has 1 saturated heterocycles. The zero-order valence-corrected chi connectivity index (χ0v) is 15.8. The van der Waals surface area contributed by atoms with Crippen molar-refractivity contribution in [1.29, 1.82) is 0 Å². The average molecular weight is 411 g/mol. The van der Waals surface area contributed by atoms with Gasteiger partial charge in [-0.25, -0.2) is 0 Å². The van der Waals surface area contributed by atoms with Gasteiger partial charge in [-0.15, -0.1) is 24.0 Å². The average Bonchev–Trinajstić information content (AvgIpc) is 2.47. The second-order valence-electron chi connectivity index (χ2n) is 6.37. The van der Waals surface area contributed by atoms with Crippen molar-refractivity contribution in [2.75, 3.05) is 33.4 Å². The lowest BCUT2D eigenvalue weighted by atomic mass is 9.79. The first kappa shape index (κ1) is 19.0. The Kier molecular flexibility index (Phi) is 7.70. The summed E-state index contributed by atoms with van der Waals surface area (Å²) in [6, 6.07) is 0. The van der Waals surface area contributed by atoms with Gasteiger partial charge in [0, 0.05) is 20.2 Å². The zero-order chi connectivity index (χ0) is 14.6. The standard InChI is InChI=1S/C15H29N3O2.HI/c1-12-4-6-15(19-3,7-5-12)11-17-14(16)18-8-9-20-13(2)10-18;/h12-13H,4-11H2,1-3H3,(H2,16,17);1H. The number of hydrogen-bond donors (Lipinski definition) is 1. The fraction of sp³-hybridized carbons (Fsp3) is 0.933. The van der Waals surface area contributed by atoms with Crippen molar-refractivity contribution < 1.29 is 9.47 Å². The largest absolute Gasteiger partial charge is 0.376 e. The Morgan fingerprint density at radius 1 is 1.38 bits per heavy atom. The van der Waals surface area contributed by atoms with Gasteiger partial charge in [-0.3, -0.25) is 4.99 Å². The Morgan fingerprint density at radius 2 is 2.05 bits per heavy atom. The van der Waals surface area contributed by atoms with Crippen LogP contribution in [0.3, 0.4) is 0 Å². The molecule has 0 spiro atoms. The van der Waals surface area contributed by atoms with Gasteiger partial charge in [0.05, 0.1) is 24.9 Å². The van der Waals surface area contributed by atoms with E-state index in [0.29, 0.717) is 12.5 Å². The molecule has 0 aromatic heterocycles. The number of aliphatic imine (C=N–C) groups is 1. The van der Waals surface area contributed by atoms with Crippen LogP contribution in [0.2, 0.25) is 0 Å². The lowest BCUT2D eigenvalue weighted by Gasteiger charge is -2.38. The molecule has 1 atom stereocenters. The molecule has 0 amide bonds. The van der Waals surface area contributed by atoms with Crippen molar-refractivity contribution in [3.8, 4) is 0 Å². The fourth-order valence-corrected chi connectivity index (χ4v) is 3.07. The molecular weight excluding hydrogens is 381 g/mol. The molecule has 5 nitrogen and oxygen atoms in total. The molecule has 2 fully saturated rings. The quantitative estimate of drug-likeness (QED) is 0.440. The molecule has 6 heteroatoms. The molecule has 1 saturated carbocycles. The van der Waals surface area contributed by atoms with E-state index in [1.54, 1.807) is 7.11 Å². The van der Waals surface area contributed by atoms with Crippen LogP contribution in [0.4, 0.5) is 0 Å². The van der Waals surface area contributed by atoms with Crippen LogP contribution in [0.15, 0.2) is 4.99 Å². The summed E-state index contributed by atoms with van der Waals surface area (Å²) in [5.74, 6) is 1.44. The lowest BCUT2D eigenvalue weighted by molar-refractivity contribution is -0.0398. The SMILES string of the molecule is COC1(CN=C(N)N2CCOC(C)C2)CCC(C)CC1.I. The molecule has 1 heterocycles. The van der Waals surface area contributed by atoms with Crippen molar-refractivity contribution in [2.45, 2.75) is 51.2 Å². The van der Waals surface area contributed by atoms with Crippen molar-refractivity contribution >= 4 is 29.9 Å². The molecule has 0 aromatic rings. The summed E-state index contributed by atoms with van der Waals surface area (Å²) < 4.78 is 11.3. The highest BCUT2D eigenvalue weighted by atomic mass is 127. The highest BCUT2D eigenvalue weighted by molar-refractivity contribution is 14.0. The van der Waals surface area contributed by atoms with Gasteiger partial charge in [0.15, 0.2) is 5.96 Å². The number of morpholine rings is 1. The molecule has 21 heavy (non-hydrogen) atoms. The number of guanidine groups is 1. The molecule has 0 radical (unpaired) electrons. The predicted octanol–water partition coefficient (Wildman–Crippen LogP) is 2.24. The highest BCUT2D eigenvalue weighted by Crippen LogP contribution is 2.34. The van der Waals surface area contributed by atoms with E-state index < -0.39 is 0 Å². The third-order valence-electron chi connectivity index (χ3n) is 4.71. The third-order valence-corrected chi connectivity index (χ3v) is 4.71. The van der Waals surface area contributed by atoms with Crippen LogP contribution in [-0.2, 0) is 9.47 Å². The molecule has 0 aromatic carbocycles. The predicted molar refractivity (Wildman–Crippen MR) is 96.3 cm³/mol. The molecule has 0 bridgehead atoms. The highest BCUT2D eigenvalue weighted by Gasteiger charge is 2.34. The Hall–Kier alpha value is -0.0800. The summed E-state index contributed by atoms with van der Waals surface area (Å²) >= 11 is 0. The summed E-state index contributed by atoms with van der Waals surface area (Å²) in [6.07, 6.45) is 4.84. The topological polar surface area (TPSA) is 60.1 Å². The summed E-state index contributed by atoms with van der Waals surface area (Å²) in [5, 5.41) is 0. The van der Waals surface area contributed by atoms with Crippen LogP contribution in [0.25, 0.3) is 0 Å². The molecule has 1 unspecified atom stereocenters. The summed E-state index contributed by atoms with van der Waals surface area (Å²) in [5.41, 5.74) is 6.03. The van der Waals surface area contributed by atoms with E-state index >= 15 is 0 Å². The minimum Gasteiger partial charge on any atom is -0.376 e. The smallest absolute Gasteiger partial charge is 0.191 e. The van der Waals surface area contributed by atoms with Crippen LogP contribution >= 0.6 is 24.0 Å². The van der Waals surface area contributed by atoms with Gasteiger partial charge in [-0.1, -0.05) is 6.92 Å². The maximum atomic E-state index is 6.13. The first-order valence-electron chi connectivity index (χ1n) is 7.76. The van der Waals surface area contributed by atoms with E-state index in [4.69, 9.17) is 15.2 Å². The van der Waals surface area contributed by atoms with Crippen LogP contribution in [0.5, 0.6) is 0 Å². The fourth-order valence-electron chi connectivity index (χ4n) is 3.07. The maximum Gasteiger partial charge on any atom is 0.191 e. The Bertz CT molecular complexity index is 344. The van der Waals surface area contributed by atoms with Gasteiger partial charge in [0.1, 0.15) is 0 Å². The molecule has 1 aliphatic carbocycles. The van der Waals surface area contributed by atoms with E-state index in [-0.39, 0.29) is 35.7 Å². The van der Waals surface area contributed by atoms with Crippen LogP contribution in [-0.4, -0.2) is 55.9 Å². The molecular formula is C15H30IN3O2. The van der Waals surface area contributed by atoms with E-state index in [1.807, 2.05) is 0 Å². The number of halogens is 1. The summed E-state index contributed by atoms with van der Waals surface area (Å²) in [4.78, 5) is 6.73. The van der Waals surface area contributed by atoms with Crippen LogP contribution in [0, 0.1) is 5.92 Å². The van der Waals surface area contributed by atoms with Crippen molar-refractivity contribution in [3.63, 3.8) is 0 Å². The Morgan fingerprint density at radius 3 is 2.62 bits per heavy atom. The Labute approximate surface area is 145 Å². The number of rotatable bonds is 3. The van der Waals surface area contributed by atoms with Gasteiger partial charge in [-0.2, -0.15) is 0 Å². The van der Waals surface area contributed by atoms with E-state index in [1.165, 1.54) is 12.8 Å². The molecule has 2 rings (SSSR count). The molecule has 2 N–H and O–H groups in total. The number of nitrogens with zero attached hydrogens (tertiary/aromatic N) is 2. The lowest BCUT2D eigenvalue weighted by Crippen LogP contribution is -2.48. The van der Waals surface area contributed by atoms with Gasteiger partial charge in [-0.05, 0) is 38.5 Å². The van der Waals surface area contributed by atoms with Gasteiger partial charge in [0.2, 0.25) is 0 Å². The summed E-state index contributed by atoms with van der Waals surface area (Å²) in [6.45, 7) is 7.44. The second kappa shape index (κ2) is 8.53. The normalized spacial score (nSPS) is 34.4. The minimum absolute atomic E-state index is 0. The maximum absolute atomic E-state index is 6.13. The number of hydrogen-bond acceptors (Lipinski definition) is 3. The van der Waals surface area contributed by atoms with E-state index in [0.717, 1.165) is 38.5 Å². The second-order valence-corrected chi connectivity index (χ2v) is 6.37. The zero-order valence-electron chi connectivity index (χ0n) is 13.5. The van der Waals surface area contributed by atoms with Crippen molar-refractivity contribution in [2.24, 2.45) is 16.6 Å². The first-order chi connectivity index (χ1) is 9.54. The first-order valence-corrected chi connectivity index (χ1v) is 7.76. The van der Waals surface area contributed by atoms with Crippen LogP contribution < -0.4 is 5.73 Å².